The fourth-order valence-corrected chi connectivity index (χ4v) is 2.75. The molecule has 0 saturated heterocycles. The van der Waals surface area contributed by atoms with E-state index in [0.29, 0.717) is 17.3 Å². The van der Waals surface area contributed by atoms with Crippen molar-refractivity contribution in [3.63, 3.8) is 0 Å². The summed E-state index contributed by atoms with van der Waals surface area (Å²) < 4.78 is 1.64. The smallest absolute Gasteiger partial charge is 0.267 e. The highest BCUT2D eigenvalue weighted by molar-refractivity contribution is 5.93. The number of rotatable bonds is 3. The summed E-state index contributed by atoms with van der Waals surface area (Å²) in [6.45, 7) is 0.756. The first-order valence-corrected chi connectivity index (χ1v) is 7.06. The minimum Gasteiger partial charge on any atom is -0.350 e. The molecule has 0 aromatic carbocycles. The predicted octanol–water partition coefficient (Wildman–Crippen LogP) is 2.60. The highest BCUT2D eigenvalue weighted by Crippen LogP contribution is 2.22. The fraction of sp³-hybridized carbons (Fsp3) is 0.600. The number of amides is 1. The number of nitrogens with zero attached hydrogens (tertiary/aromatic N) is 2. The Morgan fingerprint density at radius 1 is 1.37 bits per heavy atom. The molecule has 0 atom stereocenters. The molecule has 1 heterocycles. The molecule has 0 unspecified atom stereocenters. The van der Waals surface area contributed by atoms with Crippen molar-refractivity contribution in [3.05, 3.63) is 23.5 Å². The van der Waals surface area contributed by atoms with Crippen LogP contribution < -0.4 is 5.32 Å². The van der Waals surface area contributed by atoms with Crippen molar-refractivity contribution >= 4 is 5.91 Å². The molecule has 1 aromatic heterocycles. The second-order valence-corrected chi connectivity index (χ2v) is 5.34. The van der Waals surface area contributed by atoms with Gasteiger partial charge in [-0.3, -0.25) is 4.79 Å². The van der Waals surface area contributed by atoms with E-state index in [2.05, 4.69) is 11.4 Å². The summed E-state index contributed by atoms with van der Waals surface area (Å²) in [6.07, 6.45) is 7.65. The van der Waals surface area contributed by atoms with E-state index in [1.165, 1.54) is 38.5 Å². The molecule has 4 nitrogen and oxygen atoms in total. The molecule has 0 radical (unpaired) electrons. The minimum absolute atomic E-state index is 0.0757. The SMILES string of the molecule is Cn1c(C#N)ccc1C(=O)NCC1CCCCCC1. The van der Waals surface area contributed by atoms with Crippen LogP contribution in [-0.2, 0) is 7.05 Å². The van der Waals surface area contributed by atoms with Crippen molar-refractivity contribution in [1.29, 1.82) is 5.26 Å². The second kappa shape index (κ2) is 6.42. The average molecular weight is 259 g/mol. The van der Waals surface area contributed by atoms with E-state index >= 15 is 0 Å². The van der Waals surface area contributed by atoms with E-state index in [-0.39, 0.29) is 5.91 Å². The molecule has 1 aliphatic carbocycles. The zero-order chi connectivity index (χ0) is 13.7. The molecule has 1 aromatic rings. The van der Waals surface area contributed by atoms with Gasteiger partial charge in [-0.2, -0.15) is 5.26 Å². The zero-order valence-corrected chi connectivity index (χ0v) is 11.5. The van der Waals surface area contributed by atoms with Crippen molar-refractivity contribution < 1.29 is 4.79 Å². The summed E-state index contributed by atoms with van der Waals surface area (Å²) in [5.74, 6) is 0.537. The van der Waals surface area contributed by atoms with Crippen LogP contribution >= 0.6 is 0 Å². The number of nitrogens with one attached hydrogen (secondary N) is 1. The van der Waals surface area contributed by atoms with Crippen molar-refractivity contribution in [2.45, 2.75) is 38.5 Å². The standard InChI is InChI=1S/C15H21N3O/c1-18-13(10-16)8-9-14(18)15(19)17-11-12-6-4-2-3-5-7-12/h8-9,12H,2-7,11H2,1H3,(H,17,19). The molecule has 102 valence electrons. The minimum atomic E-state index is -0.0757. The molecule has 19 heavy (non-hydrogen) atoms. The number of aromatic nitrogens is 1. The van der Waals surface area contributed by atoms with Gasteiger partial charge in [-0.15, -0.1) is 0 Å². The normalized spacial score (nSPS) is 16.6. The lowest BCUT2D eigenvalue weighted by Gasteiger charge is -2.15. The molecular weight excluding hydrogens is 238 g/mol. The van der Waals surface area contributed by atoms with E-state index < -0.39 is 0 Å². The highest BCUT2D eigenvalue weighted by atomic mass is 16.1. The first-order valence-electron chi connectivity index (χ1n) is 7.06. The van der Waals surface area contributed by atoms with Gasteiger partial charge in [0.2, 0.25) is 0 Å². The second-order valence-electron chi connectivity index (χ2n) is 5.34. The van der Waals surface area contributed by atoms with Crippen molar-refractivity contribution in [3.8, 4) is 6.07 Å². The van der Waals surface area contributed by atoms with Crippen LogP contribution in [0.1, 0.15) is 54.7 Å². The third-order valence-corrected chi connectivity index (χ3v) is 4.00. The highest BCUT2D eigenvalue weighted by Gasteiger charge is 2.16. The molecule has 2 rings (SSSR count). The van der Waals surface area contributed by atoms with Gasteiger partial charge in [-0.05, 0) is 30.9 Å². The Kier molecular flexibility index (Phi) is 4.62. The van der Waals surface area contributed by atoms with Crippen molar-refractivity contribution in [2.75, 3.05) is 6.54 Å². The van der Waals surface area contributed by atoms with Crippen LogP contribution in [0.5, 0.6) is 0 Å². The molecular formula is C15H21N3O. The summed E-state index contributed by atoms with van der Waals surface area (Å²) >= 11 is 0. The summed E-state index contributed by atoms with van der Waals surface area (Å²) in [5.41, 5.74) is 1.07. The van der Waals surface area contributed by atoms with Gasteiger partial charge < -0.3 is 9.88 Å². The van der Waals surface area contributed by atoms with E-state index in [1.54, 1.807) is 23.7 Å². The number of carbonyl (C=O) groups is 1. The maximum atomic E-state index is 12.1. The molecule has 0 bridgehead atoms. The zero-order valence-electron chi connectivity index (χ0n) is 11.5. The van der Waals surface area contributed by atoms with Gasteiger partial charge in [-0.25, -0.2) is 0 Å². The van der Waals surface area contributed by atoms with E-state index in [4.69, 9.17) is 5.26 Å². The largest absolute Gasteiger partial charge is 0.350 e. The van der Waals surface area contributed by atoms with Gasteiger partial charge in [0.15, 0.2) is 0 Å². The van der Waals surface area contributed by atoms with E-state index in [0.717, 1.165) is 6.54 Å². The molecule has 1 saturated carbocycles. The number of carbonyl (C=O) groups excluding carboxylic acids is 1. The topological polar surface area (TPSA) is 57.8 Å². The van der Waals surface area contributed by atoms with Gasteiger partial charge in [0.25, 0.3) is 5.91 Å². The Morgan fingerprint density at radius 2 is 2.05 bits per heavy atom. The molecule has 1 amide bonds. The van der Waals surface area contributed by atoms with Crippen LogP contribution in [0.2, 0.25) is 0 Å². The molecule has 1 aliphatic rings. The van der Waals surface area contributed by atoms with Gasteiger partial charge in [-0.1, -0.05) is 25.7 Å². The van der Waals surface area contributed by atoms with Gasteiger partial charge >= 0.3 is 0 Å². The third-order valence-electron chi connectivity index (χ3n) is 4.00. The Balaban J connectivity index is 1.90. The van der Waals surface area contributed by atoms with Crippen LogP contribution in [0.3, 0.4) is 0 Å². The maximum Gasteiger partial charge on any atom is 0.267 e. The average Bonchev–Trinajstić information content (AvgIpc) is 2.64. The summed E-state index contributed by atoms with van der Waals surface area (Å²) in [7, 11) is 1.75. The summed E-state index contributed by atoms with van der Waals surface area (Å²) in [4.78, 5) is 12.1. The third kappa shape index (κ3) is 3.37. The summed E-state index contributed by atoms with van der Waals surface area (Å²) in [5, 5.41) is 11.9. The quantitative estimate of drug-likeness (QED) is 0.848. The lowest BCUT2D eigenvalue weighted by atomic mass is 10.0. The molecule has 0 spiro atoms. The van der Waals surface area contributed by atoms with E-state index in [9.17, 15) is 4.79 Å². The molecule has 0 aliphatic heterocycles. The van der Waals surface area contributed by atoms with E-state index in [1.807, 2.05) is 0 Å². The van der Waals surface area contributed by atoms with Crippen molar-refractivity contribution in [2.24, 2.45) is 13.0 Å². The first-order chi connectivity index (χ1) is 9.22. The number of nitriles is 1. The van der Waals surface area contributed by atoms with Crippen molar-refractivity contribution in [1.82, 2.24) is 9.88 Å². The monoisotopic (exact) mass is 259 g/mol. The van der Waals surface area contributed by atoms with Crippen LogP contribution in [0, 0.1) is 17.2 Å². The molecule has 1 fully saturated rings. The van der Waals surface area contributed by atoms with Crippen LogP contribution in [-0.4, -0.2) is 17.0 Å². The van der Waals surface area contributed by atoms with Gasteiger partial charge in [0, 0.05) is 13.6 Å². The van der Waals surface area contributed by atoms with Gasteiger partial charge in [0.1, 0.15) is 17.5 Å². The number of hydrogen-bond donors (Lipinski definition) is 1. The Morgan fingerprint density at radius 3 is 2.63 bits per heavy atom. The fourth-order valence-electron chi connectivity index (χ4n) is 2.75. The predicted molar refractivity (Wildman–Crippen MR) is 73.7 cm³/mol. The molecule has 1 N–H and O–H groups in total. The molecule has 4 heteroatoms. The van der Waals surface area contributed by atoms with Gasteiger partial charge in [0.05, 0.1) is 0 Å². The first kappa shape index (κ1) is 13.7. The lowest BCUT2D eigenvalue weighted by Crippen LogP contribution is -2.30. The Bertz CT molecular complexity index is 476. The number of hydrogen-bond acceptors (Lipinski definition) is 2. The van der Waals surface area contributed by atoms with Crippen LogP contribution in [0.25, 0.3) is 0 Å². The van der Waals surface area contributed by atoms with Crippen LogP contribution in [0.4, 0.5) is 0 Å². The Labute approximate surface area is 114 Å². The lowest BCUT2D eigenvalue weighted by molar-refractivity contribution is 0.0937. The Hall–Kier alpha value is -1.76. The maximum absolute atomic E-state index is 12.1. The van der Waals surface area contributed by atoms with Crippen LogP contribution in [0.15, 0.2) is 12.1 Å². The summed E-state index contributed by atoms with van der Waals surface area (Å²) in [6, 6.07) is 5.46.